The summed E-state index contributed by atoms with van der Waals surface area (Å²) in [5, 5.41) is 7.13. The minimum absolute atomic E-state index is 0.0115. The van der Waals surface area contributed by atoms with E-state index in [9.17, 15) is 9.59 Å². The summed E-state index contributed by atoms with van der Waals surface area (Å²) >= 11 is 11.8. The van der Waals surface area contributed by atoms with Gasteiger partial charge in [0.2, 0.25) is 0 Å². The van der Waals surface area contributed by atoms with Crippen molar-refractivity contribution in [3.63, 3.8) is 0 Å². The van der Waals surface area contributed by atoms with E-state index in [1.165, 1.54) is 6.21 Å². The van der Waals surface area contributed by atoms with Crippen molar-refractivity contribution in [3.05, 3.63) is 63.6 Å². The average Bonchev–Trinajstić information content (AvgIpc) is 2.56. The molecule has 136 valence electrons. The van der Waals surface area contributed by atoms with Crippen LogP contribution < -0.4 is 10.7 Å². The highest BCUT2D eigenvalue weighted by atomic mass is 35.5. The fraction of sp³-hybridized carbons (Fsp3) is 0.211. The molecule has 2 N–H and O–H groups in total. The molecule has 0 spiro atoms. The summed E-state index contributed by atoms with van der Waals surface area (Å²) < 4.78 is 0. The topological polar surface area (TPSA) is 70.6 Å². The SMILES string of the molecule is CC(C)(C)c1ccc(NC(=O)C(=O)N/N=C\c2ccc(Cl)cc2Cl)cc1. The second-order valence-corrected chi connectivity index (χ2v) is 7.49. The van der Waals surface area contributed by atoms with Crippen LogP contribution in [0.1, 0.15) is 31.9 Å². The number of amides is 2. The Morgan fingerprint density at radius 1 is 1.00 bits per heavy atom. The first-order valence-electron chi connectivity index (χ1n) is 7.87. The monoisotopic (exact) mass is 391 g/mol. The first-order chi connectivity index (χ1) is 12.2. The second-order valence-electron chi connectivity index (χ2n) is 6.65. The van der Waals surface area contributed by atoms with Crippen molar-refractivity contribution in [2.75, 3.05) is 5.32 Å². The van der Waals surface area contributed by atoms with E-state index in [-0.39, 0.29) is 5.41 Å². The lowest BCUT2D eigenvalue weighted by Gasteiger charge is -2.19. The Morgan fingerprint density at radius 2 is 1.65 bits per heavy atom. The Labute approximate surface area is 162 Å². The molecule has 2 amide bonds. The van der Waals surface area contributed by atoms with Gasteiger partial charge in [0.05, 0.1) is 11.2 Å². The molecule has 2 rings (SSSR count). The molecular weight excluding hydrogens is 373 g/mol. The number of hydrogen-bond acceptors (Lipinski definition) is 3. The summed E-state index contributed by atoms with van der Waals surface area (Å²) in [7, 11) is 0. The van der Waals surface area contributed by atoms with Gasteiger partial charge in [-0.3, -0.25) is 9.59 Å². The maximum Gasteiger partial charge on any atom is 0.329 e. The Balaban J connectivity index is 1.93. The highest BCUT2D eigenvalue weighted by Gasteiger charge is 2.15. The lowest BCUT2D eigenvalue weighted by molar-refractivity contribution is -0.136. The van der Waals surface area contributed by atoms with Crippen molar-refractivity contribution in [2.24, 2.45) is 5.10 Å². The average molecular weight is 392 g/mol. The lowest BCUT2D eigenvalue weighted by atomic mass is 9.87. The molecule has 0 aliphatic carbocycles. The predicted molar refractivity (Wildman–Crippen MR) is 106 cm³/mol. The van der Waals surface area contributed by atoms with Gasteiger partial charge in [0.15, 0.2) is 0 Å². The highest BCUT2D eigenvalue weighted by molar-refractivity contribution is 6.39. The van der Waals surface area contributed by atoms with Crippen LogP contribution in [0.25, 0.3) is 0 Å². The minimum Gasteiger partial charge on any atom is -0.318 e. The van der Waals surface area contributed by atoms with Crippen molar-refractivity contribution >= 4 is 46.9 Å². The van der Waals surface area contributed by atoms with Crippen LogP contribution in [0, 0.1) is 0 Å². The van der Waals surface area contributed by atoms with Crippen LogP contribution in [-0.4, -0.2) is 18.0 Å². The first-order valence-corrected chi connectivity index (χ1v) is 8.62. The zero-order valence-electron chi connectivity index (χ0n) is 14.6. The summed E-state index contributed by atoms with van der Waals surface area (Å²) in [6, 6.07) is 12.2. The van der Waals surface area contributed by atoms with E-state index in [2.05, 4.69) is 36.6 Å². The predicted octanol–water partition coefficient (Wildman–Crippen LogP) is 4.38. The third-order valence-corrected chi connectivity index (χ3v) is 4.11. The molecule has 0 radical (unpaired) electrons. The normalized spacial score (nSPS) is 11.4. The third-order valence-electron chi connectivity index (χ3n) is 3.55. The molecule has 0 unspecified atom stereocenters. The Morgan fingerprint density at radius 3 is 2.23 bits per heavy atom. The number of carbonyl (C=O) groups is 2. The molecule has 0 aliphatic rings. The maximum atomic E-state index is 11.9. The fourth-order valence-corrected chi connectivity index (χ4v) is 2.52. The lowest BCUT2D eigenvalue weighted by Crippen LogP contribution is -2.32. The summed E-state index contributed by atoms with van der Waals surface area (Å²) in [6.45, 7) is 6.29. The smallest absolute Gasteiger partial charge is 0.318 e. The van der Waals surface area contributed by atoms with Gasteiger partial charge in [-0.1, -0.05) is 62.2 Å². The molecule has 5 nitrogen and oxygen atoms in total. The van der Waals surface area contributed by atoms with Crippen molar-refractivity contribution < 1.29 is 9.59 Å². The molecule has 0 atom stereocenters. The second kappa shape index (κ2) is 8.34. The number of rotatable bonds is 3. The van der Waals surface area contributed by atoms with E-state index in [1.54, 1.807) is 30.3 Å². The van der Waals surface area contributed by atoms with Gasteiger partial charge in [0, 0.05) is 16.3 Å². The van der Waals surface area contributed by atoms with Crippen LogP contribution >= 0.6 is 23.2 Å². The fourth-order valence-electron chi connectivity index (χ4n) is 2.06. The summed E-state index contributed by atoms with van der Waals surface area (Å²) in [5.74, 6) is -1.70. The van der Waals surface area contributed by atoms with E-state index in [4.69, 9.17) is 23.2 Å². The van der Waals surface area contributed by atoms with Crippen LogP contribution in [-0.2, 0) is 15.0 Å². The highest BCUT2D eigenvalue weighted by Crippen LogP contribution is 2.23. The van der Waals surface area contributed by atoms with Gasteiger partial charge in [0.25, 0.3) is 0 Å². The zero-order chi connectivity index (χ0) is 19.3. The van der Waals surface area contributed by atoms with E-state index < -0.39 is 11.8 Å². The molecule has 0 bridgehead atoms. The quantitative estimate of drug-likeness (QED) is 0.462. The number of hydrazone groups is 1. The molecule has 0 aromatic heterocycles. The summed E-state index contributed by atoms with van der Waals surface area (Å²) in [5.41, 5.74) is 4.39. The molecule has 2 aromatic carbocycles. The number of halogens is 2. The summed E-state index contributed by atoms with van der Waals surface area (Å²) in [6.07, 6.45) is 1.34. The standard InChI is InChI=1S/C19H19Cl2N3O2/c1-19(2,3)13-5-8-15(9-6-13)23-17(25)18(26)24-22-11-12-4-7-14(20)10-16(12)21/h4-11H,1-3H3,(H,23,25)(H,24,26)/b22-11-. The van der Waals surface area contributed by atoms with E-state index in [0.717, 1.165) is 5.56 Å². The van der Waals surface area contributed by atoms with Crippen LogP contribution in [0.5, 0.6) is 0 Å². The molecular formula is C19H19Cl2N3O2. The molecule has 26 heavy (non-hydrogen) atoms. The van der Waals surface area contributed by atoms with Crippen LogP contribution in [0.3, 0.4) is 0 Å². The molecule has 0 saturated heterocycles. The number of benzene rings is 2. The van der Waals surface area contributed by atoms with Gasteiger partial charge < -0.3 is 5.32 Å². The molecule has 2 aromatic rings. The summed E-state index contributed by atoms with van der Waals surface area (Å²) in [4.78, 5) is 23.7. The van der Waals surface area contributed by atoms with Crippen LogP contribution in [0.4, 0.5) is 5.69 Å². The molecule has 0 fully saturated rings. The third kappa shape index (κ3) is 5.58. The van der Waals surface area contributed by atoms with Crippen LogP contribution in [0.15, 0.2) is 47.6 Å². The van der Waals surface area contributed by atoms with Gasteiger partial charge in [-0.2, -0.15) is 5.10 Å². The van der Waals surface area contributed by atoms with E-state index in [0.29, 0.717) is 21.3 Å². The number of nitrogens with one attached hydrogen (secondary N) is 2. The molecule has 0 heterocycles. The Hall–Kier alpha value is -2.37. The molecule has 0 aliphatic heterocycles. The molecule has 0 saturated carbocycles. The Kier molecular flexibility index (Phi) is 6.40. The van der Waals surface area contributed by atoms with Gasteiger partial charge in [-0.25, -0.2) is 5.43 Å². The first kappa shape index (κ1) is 19.9. The minimum atomic E-state index is -0.883. The van der Waals surface area contributed by atoms with Gasteiger partial charge in [-0.05, 0) is 35.2 Å². The number of nitrogens with zero attached hydrogens (tertiary/aromatic N) is 1. The zero-order valence-corrected chi connectivity index (χ0v) is 16.2. The largest absolute Gasteiger partial charge is 0.329 e. The maximum absolute atomic E-state index is 11.9. The van der Waals surface area contributed by atoms with Crippen molar-refractivity contribution in [2.45, 2.75) is 26.2 Å². The number of anilines is 1. The van der Waals surface area contributed by atoms with E-state index in [1.807, 2.05) is 12.1 Å². The van der Waals surface area contributed by atoms with Crippen LogP contribution in [0.2, 0.25) is 10.0 Å². The van der Waals surface area contributed by atoms with Gasteiger partial charge in [-0.15, -0.1) is 0 Å². The molecule has 7 heteroatoms. The van der Waals surface area contributed by atoms with Crippen molar-refractivity contribution in [3.8, 4) is 0 Å². The van der Waals surface area contributed by atoms with E-state index >= 15 is 0 Å². The van der Waals surface area contributed by atoms with Gasteiger partial charge >= 0.3 is 11.8 Å². The number of carbonyl (C=O) groups excluding carboxylic acids is 2. The van der Waals surface area contributed by atoms with Crippen molar-refractivity contribution in [1.29, 1.82) is 0 Å². The van der Waals surface area contributed by atoms with Gasteiger partial charge in [0.1, 0.15) is 0 Å². The van der Waals surface area contributed by atoms with Crippen molar-refractivity contribution in [1.82, 2.24) is 5.43 Å². The number of hydrogen-bond donors (Lipinski definition) is 2. The Bertz CT molecular complexity index is 841.